The number of nitrogens with zero attached hydrogens (tertiary/aromatic N) is 4. The lowest BCUT2D eigenvalue weighted by atomic mass is 10.0. The Hall–Kier alpha value is -2.77. The van der Waals surface area contributed by atoms with Crippen LogP contribution in [-0.2, 0) is 17.8 Å². The summed E-state index contributed by atoms with van der Waals surface area (Å²) in [6.45, 7) is 2.42. The van der Waals surface area contributed by atoms with Gasteiger partial charge in [-0.1, -0.05) is 12.1 Å². The number of nitrogens with one attached hydrogen (secondary N) is 1. The predicted octanol–water partition coefficient (Wildman–Crippen LogP) is 3.63. The molecule has 30 heavy (non-hydrogen) atoms. The predicted molar refractivity (Wildman–Crippen MR) is 119 cm³/mol. The van der Waals surface area contributed by atoms with E-state index in [1.165, 1.54) is 5.69 Å². The summed E-state index contributed by atoms with van der Waals surface area (Å²) in [5.41, 5.74) is 3.34. The van der Waals surface area contributed by atoms with Crippen molar-refractivity contribution in [3.05, 3.63) is 84.2 Å². The van der Waals surface area contributed by atoms with Crippen molar-refractivity contribution < 1.29 is 4.74 Å². The minimum Gasteiger partial charge on any atom is -0.376 e. The van der Waals surface area contributed by atoms with E-state index in [1.54, 1.807) is 6.20 Å². The lowest BCUT2D eigenvalue weighted by Gasteiger charge is -2.29. The molecule has 2 aliphatic rings. The Kier molecular flexibility index (Phi) is 5.46. The highest BCUT2D eigenvalue weighted by atomic mass is 32.1. The van der Waals surface area contributed by atoms with Crippen LogP contribution in [0.25, 0.3) is 0 Å². The van der Waals surface area contributed by atoms with Crippen LogP contribution in [-0.4, -0.2) is 37.3 Å². The van der Waals surface area contributed by atoms with Crippen molar-refractivity contribution in [2.24, 2.45) is 0 Å². The monoisotopic (exact) mass is 419 g/mol. The molecule has 5 rings (SSSR count). The van der Waals surface area contributed by atoms with Crippen LogP contribution in [0.2, 0.25) is 0 Å². The van der Waals surface area contributed by atoms with Crippen LogP contribution in [0.4, 0.5) is 0 Å². The average Bonchev–Trinajstić information content (AvgIpc) is 3.52. The van der Waals surface area contributed by atoms with Crippen LogP contribution in [0.3, 0.4) is 0 Å². The zero-order valence-corrected chi connectivity index (χ0v) is 17.5. The summed E-state index contributed by atoms with van der Waals surface area (Å²) in [7, 11) is 0. The third-order valence-electron chi connectivity index (χ3n) is 5.87. The molecule has 3 aromatic heterocycles. The van der Waals surface area contributed by atoms with E-state index in [0.29, 0.717) is 6.54 Å². The fourth-order valence-corrected chi connectivity index (χ4v) is 4.76. The van der Waals surface area contributed by atoms with Crippen LogP contribution in [0.15, 0.2) is 67.3 Å². The molecule has 7 heteroatoms. The maximum atomic E-state index is 5.90. The molecule has 0 unspecified atom stereocenters. The van der Waals surface area contributed by atoms with E-state index in [9.17, 15) is 0 Å². The van der Waals surface area contributed by atoms with Crippen molar-refractivity contribution in [2.75, 3.05) is 6.61 Å². The van der Waals surface area contributed by atoms with Gasteiger partial charge in [0.15, 0.2) is 5.11 Å². The molecule has 0 saturated carbocycles. The summed E-state index contributed by atoms with van der Waals surface area (Å²) in [5, 5.41) is 4.27. The van der Waals surface area contributed by atoms with Crippen molar-refractivity contribution >= 4 is 17.3 Å². The highest BCUT2D eigenvalue weighted by Gasteiger charge is 2.41. The molecule has 1 N–H and O–H groups in total. The van der Waals surface area contributed by atoms with Gasteiger partial charge in [-0.05, 0) is 61.0 Å². The van der Waals surface area contributed by atoms with E-state index in [4.69, 9.17) is 17.0 Å². The summed E-state index contributed by atoms with van der Waals surface area (Å²) in [4.78, 5) is 11.2. The molecule has 3 aromatic rings. The van der Waals surface area contributed by atoms with Crippen LogP contribution in [0.1, 0.15) is 41.9 Å². The number of hydrogen-bond donors (Lipinski definition) is 1. The van der Waals surface area contributed by atoms with Crippen molar-refractivity contribution in [1.29, 1.82) is 0 Å². The number of ether oxygens (including phenoxy) is 1. The van der Waals surface area contributed by atoms with E-state index < -0.39 is 0 Å². The highest BCUT2D eigenvalue weighted by molar-refractivity contribution is 7.80. The lowest BCUT2D eigenvalue weighted by Crippen LogP contribution is -2.30. The molecule has 2 fully saturated rings. The van der Waals surface area contributed by atoms with Crippen LogP contribution in [0.5, 0.6) is 0 Å². The normalized spacial score (nSPS) is 23.7. The average molecular weight is 420 g/mol. The van der Waals surface area contributed by atoms with Gasteiger partial charge in [0, 0.05) is 50.2 Å². The van der Waals surface area contributed by atoms with Crippen molar-refractivity contribution in [2.45, 2.75) is 44.1 Å². The minimum atomic E-state index is -0.0199. The molecule has 0 bridgehead atoms. The van der Waals surface area contributed by atoms with Gasteiger partial charge in [0.25, 0.3) is 0 Å². The summed E-state index contributed by atoms with van der Waals surface area (Å²) >= 11 is 5.79. The molecule has 5 heterocycles. The molecule has 6 nitrogen and oxygen atoms in total. The Balaban J connectivity index is 1.51. The minimum absolute atomic E-state index is 0.0199. The van der Waals surface area contributed by atoms with Gasteiger partial charge in [-0.15, -0.1) is 0 Å². The molecule has 0 spiro atoms. The summed E-state index contributed by atoms with van der Waals surface area (Å²) in [6.07, 6.45) is 10.2. The van der Waals surface area contributed by atoms with Gasteiger partial charge in [0.2, 0.25) is 0 Å². The topological polar surface area (TPSA) is 55.2 Å². The zero-order valence-electron chi connectivity index (χ0n) is 16.7. The Labute approximate surface area is 181 Å². The molecule has 0 aromatic carbocycles. The molecule has 0 aliphatic carbocycles. The Bertz CT molecular complexity index is 987. The number of hydrogen-bond acceptors (Lipinski definition) is 4. The number of thiocarbonyl (C=S) groups is 1. The van der Waals surface area contributed by atoms with Gasteiger partial charge >= 0.3 is 0 Å². The van der Waals surface area contributed by atoms with E-state index in [0.717, 1.165) is 42.4 Å². The first-order valence-corrected chi connectivity index (χ1v) is 10.8. The molecule has 154 valence electrons. The number of aromatic nitrogens is 3. The van der Waals surface area contributed by atoms with Gasteiger partial charge < -0.3 is 19.5 Å². The largest absolute Gasteiger partial charge is 0.376 e. The maximum Gasteiger partial charge on any atom is 0.170 e. The van der Waals surface area contributed by atoms with Crippen LogP contribution >= 0.6 is 12.2 Å². The number of pyridine rings is 2. The molecular formula is C23H25N5OS. The Morgan fingerprint density at radius 1 is 1.13 bits per heavy atom. The third kappa shape index (κ3) is 3.82. The second-order valence-corrected chi connectivity index (χ2v) is 8.22. The number of rotatable bonds is 6. The first-order chi connectivity index (χ1) is 14.8. The van der Waals surface area contributed by atoms with Gasteiger partial charge in [0.1, 0.15) is 0 Å². The molecule has 0 amide bonds. The molecule has 2 aliphatic heterocycles. The van der Waals surface area contributed by atoms with Crippen molar-refractivity contribution in [3.8, 4) is 0 Å². The lowest BCUT2D eigenvalue weighted by molar-refractivity contribution is 0.0953. The quantitative estimate of drug-likeness (QED) is 0.616. The zero-order chi connectivity index (χ0) is 20.3. The van der Waals surface area contributed by atoms with Crippen LogP contribution in [0, 0.1) is 0 Å². The summed E-state index contributed by atoms with van der Waals surface area (Å²) in [5.74, 6) is 0. The van der Waals surface area contributed by atoms with Gasteiger partial charge in [-0.3, -0.25) is 9.97 Å². The van der Waals surface area contributed by atoms with E-state index in [1.807, 2.05) is 30.6 Å². The second kappa shape index (κ2) is 8.53. The smallest absolute Gasteiger partial charge is 0.170 e. The van der Waals surface area contributed by atoms with Gasteiger partial charge in [-0.25, -0.2) is 0 Å². The first-order valence-electron chi connectivity index (χ1n) is 10.4. The van der Waals surface area contributed by atoms with E-state index >= 15 is 0 Å². The molecule has 3 atom stereocenters. The summed E-state index contributed by atoms with van der Waals surface area (Å²) in [6, 6.07) is 14.4. The summed E-state index contributed by atoms with van der Waals surface area (Å²) < 4.78 is 8.22. The van der Waals surface area contributed by atoms with E-state index in [2.05, 4.69) is 55.2 Å². The SMILES string of the molecule is S=C1N[C@H](c2ccccn2)[C@H](c2cccn2C[C@H]2CCCO2)N1Cc1cccnc1. The molecule has 0 radical (unpaired) electrons. The highest BCUT2D eigenvalue weighted by Crippen LogP contribution is 2.39. The van der Waals surface area contributed by atoms with Crippen molar-refractivity contribution in [1.82, 2.24) is 24.8 Å². The fourth-order valence-electron chi connectivity index (χ4n) is 4.46. The molecular weight excluding hydrogens is 394 g/mol. The second-order valence-electron chi connectivity index (χ2n) is 7.84. The molecule has 2 saturated heterocycles. The Morgan fingerprint density at radius 3 is 2.87 bits per heavy atom. The first kappa shape index (κ1) is 19.2. The fraction of sp³-hybridized carbons (Fsp3) is 0.348. The third-order valence-corrected chi connectivity index (χ3v) is 6.22. The van der Waals surface area contributed by atoms with E-state index in [-0.39, 0.29) is 18.2 Å². The Morgan fingerprint density at radius 2 is 2.10 bits per heavy atom. The van der Waals surface area contributed by atoms with Crippen LogP contribution < -0.4 is 5.32 Å². The van der Waals surface area contributed by atoms with Gasteiger partial charge in [-0.2, -0.15) is 0 Å². The van der Waals surface area contributed by atoms with Crippen molar-refractivity contribution in [3.63, 3.8) is 0 Å². The maximum absolute atomic E-state index is 5.90. The standard InChI is InChI=1S/C23H25N5OS/c30-23-26-21(19-8-1-2-11-25-19)22(28(23)15-17-6-3-10-24-14-17)20-9-4-12-27(20)16-18-7-5-13-29-18/h1-4,6,8-12,14,18,21-22H,5,7,13,15-16H2,(H,26,30)/t18-,21-,22+/m1/s1. The van der Waals surface area contributed by atoms with Gasteiger partial charge in [0.05, 0.1) is 23.9 Å².